The molecule has 0 unspecified atom stereocenters. The van der Waals surface area contributed by atoms with E-state index in [2.05, 4.69) is 5.32 Å². The van der Waals surface area contributed by atoms with Gasteiger partial charge in [0, 0.05) is 26.1 Å². The van der Waals surface area contributed by atoms with Gasteiger partial charge in [-0.05, 0) is 82.2 Å². The molecule has 12 heteroatoms. The number of aryl methyl sites for hydroxylation is 1. The highest BCUT2D eigenvalue weighted by Crippen LogP contribution is 2.31. The largest absolute Gasteiger partial charge is 0.416 e. The summed E-state index contributed by atoms with van der Waals surface area (Å²) in [5.74, 6) is -0.842. The van der Waals surface area contributed by atoms with Gasteiger partial charge >= 0.3 is 12.2 Å². The first-order valence-electron chi connectivity index (χ1n) is 14.0. The monoisotopic (exact) mass is 591 g/mol. The Hall–Kier alpha value is -3.67. The van der Waals surface area contributed by atoms with Crippen LogP contribution >= 0.6 is 0 Å². The fourth-order valence-electron chi connectivity index (χ4n) is 5.62. The van der Waals surface area contributed by atoms with Crippen LogP contribution in [0.1, 0.15) is 47.9 Å². The van der Waals surface area contributed by atoms with Gasteiger partial charge < -0.3 is 24.9 Å². The Bertz CT molecular complexity index is 1280. The fraction of sp³-hybridized carbons (Fsp3) is 0.500. The first-order chi connectivity index (χ1) is 19.8. The first kappa shape index (κ1) is 31.3. The van der Waals surface area contributed by atoms with E-state index in [0.717, 1.165) is 25.1 Å². The van der Waals surface area contributed by atoms with E-state index in [4.69, 9.17) is 0 Å². The molecule has 2 saturated heterocycles. The van der Waals surface area contributed by atoms with E-state index in [1.54, 1.807) is 30.0 Å². The Morgan fingerprint density at radius 1 is 1.05 bits per heavy atom. The van der Waals surface area contributed by atoms with Crippen LogP contribution in [-0.2, 0) is 28.9 Å². The van der Waals surface area contributed by atoms with Crippen molar-refractivity contribution in [2.75, 3.05) is 33.7 Å². The summed E-state index contributed by atoms with van der Waals surface area (Å²) in [4.78, 5) is 46.9. The molecule has 8 nitrogen and oxygen atoms in total. The lowest BCUT2D eigenvalue weighted by molar-refractivity contribution is -0.167. The molecule has 2 fully saturated rings. The van der Waals surface area contributed by atoms with Crippen molar-refractivity contribution in [3.05, 3.63) is 70.5 Å². The number of fused-ring (bicyclic) bond motifs is 1. The molecular weight excluding hydrogens is 554 g/mol. The zero-order valence-electron chi connectivity index (χ0n) is 24.1. The predicted octanol–water partition coefficient (Wildman–Crippen LogP) is 4.37. The molecule has 42 heavy (non-hydrogen) atoms. The third-order valence-corrected chi connectivity index (χ3v) is 7.64. The second-order valence-electron chi connectivity index (χ2n) is 11.2. The zero-order valence-corrected chi connectivity index (χ0v) is 24.1. The Kier molecular flexibility index (Phi) is 9.75. The number of halogens is 4. The van der Waals surface area contributed by atoms with Crippen LogP contribution in [0.25, 0.3) is 0 Å². The molecule has 0 radical (unpaired) electrons. The average Bonchev–Trinajstić information content (AvgIpc) is 2.92. The average molecular weight is 592 g/mol. The Morgan fingerprint density at radius 3 is 2.43 bits per heavy atom. The Morgan fingerprint density at radius 2 is 1.76 bits per heavy atom. The number of carbonyl (C=O) groups is 3. The van der Waals surface area contributed by atoms with Crippen molar-refractivity contribution < 1.29 is 31.9 Å². The van der Waals surface area contributed by atoms with Gasteiger partial charge in [0.25, 0.3) is 0 Å². The first-order valence-corrected chi connectivity index (χ1v) is 14.0. The topological polar surface area (TPSA) is 76.2 Å². The molecule has 2 aromatic rings. The van der Waals surface area contributed by atoms with Crippen LogP contribution in [0, 0.1) is 12.7 Å². The lowest BCUT2D eigenvalue weighted by Crippen LogP contribution is -2.71. The van der Waals surface area contributed by atoms with E-state index in [-0.39, 0.29) is 44.4 Å². The summed E-state index contributed by atoms with van der Waals surface area (Å²) in [6, 6.07) is 8.15. The molecule has 0 saturated carbocycles. The van der Waals surface area contributed by atoms with Crippen molar-refractivity contribution in [1.82, 2.24) is 24.9 Å². The number of nitrogens with one attached hydrogen (secondary N) is 1. The molecular formula is C30H37F4N5O3. The second kappa shape index (κ2) is 13.1. The number of piperazine rings is 1. The minimum Gasteiger partial charge on any atom is -0.334 e. The van der Waals surface area contributed by atoms with Crippen LogP contribution in [0.15, 0.2) is 42.5 Å². The van der Waals surface area contributed by atoms with Crippen LogP contribution in [-0.4, -0.2) is 83.4 Å². The van der Waals surface area contributed by atoms with Crippen molar-refractivity contribution in [3.63, 3.8) is 0 Å². The van der Waals surface area contributed by atoms with Gasteiger partial charge in [0.2, 0.25) is 11.8 Å². The highest BCUT2D eigenvalue weighted by atomic mass is 19.4. The zero-order chi connectivity index (χ0) is 30.6. The lowest BCUT2D eigenvalue weighted by Gasteiger charge is -2.52. The van der Waals surface area contributed by atoms with Crippen molar-refractivity contribution in [2.24, 2.45) is 0 Å². The van der Waals surface area contributed by atoms with Gasteiger partial charge in [0.05, 0.1) is 12.1 Å². The molecule has 2 atom stereocenters. The number of nitrogens with zero attached hydrogens (tertiary/aromatic N) is 4. The summed E-state index contributed by atoms with van der Waals surface area (Å²) in [5, 5.41) is 2.72. The Labute approximate surface area is 243 Å². The highest BCUT2D eigenvalue weighted by Gasteiger charge is 2.48. The maximum absolute atomic E-state index is 13.7. The van der Waals surface area contributed by atoms with E-state index in [1.807, 2.05) is 19.0 Å². The van der Waals surface area contributed by atoms with E-state index in [9.17, 15) is 31.9 Å². The van der Waals surface area contributed by atoms with Crippen LogP contribution < -0.4 is 5.32 Å². The number of rotatable bonds is 9. The summed E-state index contributed by atoms with van der Waals surface area (Å²) in [5.41, 5.74) is 0.641. The van der Waals surface area contributed by atoms with Crippen molar-refractivity contribution in [2.45, 2.75) is 64.1 Å². The normalized spacial score (nSPS) is 19.4. The van der Waals surface area contributed by atoms with Crippen LogP contribution in [0.5, 0.6) is 0 Å². The molecule has 2 aliphatic rings. The van der Waals surface area contributed by atoms with Crippen molar-refractivity contribution >= 4 is 17.8 Å². The minimum atomic E-state index is -4.51. The maximum atomic E-state index is 13.7. The summed E-state index contributed by atoms with van der Waals surface area (Å²) >= 11 is 0. The van der Waals surface area contributed by atoms with Crippen molar-refractivity contribution in [3.8, 4) is 0 Å². The summed E-state index contributed by atoms with van der Waals surface area (Å²) in [7, 11) is 3.91. The van der Waals surface area contributed by atoms with Crippen LogP contribution in [0.4, 0.5) is 22.4 Å². The van der Waals surface area contributed by atoms with Gasteiger partial charge in [0.1, 0.15) is 18.0 Å². The van der Waals surface area contributed by atoms with E-state index in [1.165, 1.54) is 21.9 Å². The number of hydrogen-bond donors (Lipinski definition) is 1. The number of urea groups is 1. The van der Waals surface area contributed by atoms with E-state index >= 15 is 0 Å². The smallest absolute Gasteiger partial charge is 0.334 e. The van der Waals surface area contributed by atoms with Gasteiger partial charge in [-0.25, -0.2) is 9.18 Å². The molecule has 0 bridgehead atoms. The quantitative estimate of drug-likeness (QED) is 0.347. The number of hydrogen-bond acceptors (Lipinski definition) is 4. The number of alkyl halides is 3. The maximum Gasteiger partial charge on any atom is 0.416 e. The molecule has 2 aromatic carbocycles. The lowest BCUT2D eigenvalue weighted by atomic mass is 9.98. The number of unbranched alkanes of at least 4 members (excludes halogenated alkanes) is 1. The molecule has 2 aliphatic heterocycles. The van der Waals surface area contributed by atoms with E-state index in [0.29, 0.717) is 29.5 Å². The molecule has 0 spiro atoms. The number of benzene rings is 2. The summed E-state index contributed by atoms with van der Waals surface area (Å²) in [6.45, 7) is 2.60. The summed E-state index contributed by atoms with van der Waals surface area (Å²) in [6.07, 6.45) is -3.28. The third-order valence-electron chi connectivity index (χ3n) is 7.64. The molecule has 0 aliphatic carbocycles. The minimum absolute atomic E-state index is 0.0338. The highest BCUT2D eigenvalue weighted by molar-refractivity contribution is 5.91. The fourth-order valence-corrected chi connectivity index (χ4v) is 5.62. The number of carbonyl (C=O) groups excluding carboxylic acids is 3. The van der Waals surface area contributed by atoms with Crippen LogP contribution in [0.2, 0.25) is 0 Å². The molecule has 2 heterocycles. The third kappa shape index (κ3) is 7.58. The van der Waals surface area contributed by atoms with Gasteiger partial charge in [0.15, 0.2) is 0 Å². The van der Waals surface area contributed by atoms with Gasteiger partial charge in [-0.15, -0.1) is 0 Å². The molecule has 1 N–H and O–H groups in total. The van der Waals surface area contributed by atoms with Gasteiger partial charge in [-0.3, -0.25) is 9.59 Å². The van der Waals surface area contributed by atoms with Gasteiger partial charge in [-0.2, -0.15) is 13.2 Å². The SMILES string of the molecule is Cc1cc(CNC(=O)N2CCC(=O)N3[C@@H]2CN(Cc2ccc(F)cc2)C(=O)[C@@H]3CCCCN(C)C)cc(C(F)(F)F)c1. The second-order valence-corrected chi connectivity index (χ2v) is 11.2. The van der Waals surface area contributed by atoms with E-state index < -0.39 is 35.8 Å². The van der Waals surface area contributed by atoms with Crippen molar-refractivity contribution in [1.29, 1.82) is 0 Å². The molecule has 228 valence electrons. The summed E-state index contributed by atoms with van der Waals surface area (Å²) < 4.78 is 53.4. The number of amides is 4. The van der Waals surface area contributed by atoms with Crippen LogP contribution in [0.3, 0.4) is 0 Å². The standard InChI is InChI=1S/C30H37F4N5O3/c1-20-14-22(16-23(15-20)30(32,33)34)17-35-29(42)38-13-11-27(40)39-25(6-4-5-12-36(2)3)28(41)37(19-26(38)39)18-21-7-9-24(31)10-8-21/h7-10,14-16,25-26H,4-6,11-13,17-19H2,1-3H3,(H,35,42)/t25-,26+/m0/s1. The van der Waals surface area contributed by atoms with Gasteiger partial charge in [-0.1, -0.05) is 23.8 Å². The predicted molar refractivity (Wildman–Crippen MR) is 148 cm³/mol. The molecule has 0 aromatic heterocycles. The molecule has 4 rings (SSSR count). The molecule has 4 amide bonds. The Balaban J connectivity index is 1.55.